The molecule has 1 N–H and O–H groups in total. The highest BCUT2D eigenvalue weighted by molar-refractivity contribution is 5.81. The van der Waals surface area contributed by atoms with Crippen molar-refractivity contribution >= 4 is 5.91 Å². The zero-order valence-electron chi connectivity index (χ0n) is 12.0. The van der Waals surface area contributed by atoms with Crippen LogP contribution in [-0.4, -0.2) is 30.3 Å². The molecular formula is C15H20F2N2O. The number of carbonyl (C=O) groups is 1. The van der Waals surface area contributed by atoms with Crippen LogP contribution in [0.2, 0.25) is 0 Å². The molecule has 20 heavy (non-hydrogen) atoms. The van der Waals surface area contributed by atoms with E-state index < -0.39 is 19.1 Å². The number of carbonyl (C=O) groups excluding carboxylic acids is 1. The van der Waals surface area contributed by atoms with Crippen molar-refractivity contribution in [1.82, 2.24) is 10.2 Å². The van der Waals surface area contributed by atoms with Gasteiger partial charge in [0.25, 0.3) is 6.43 Å². The van der Waals surface area contributed by atoms with E-state index in [0.717, 1.165) is 5.56 Å². The molecule has 3 nitrogen and oxygen atoms in total. The van der Waals surface area contributed by atoms with Crippen molar-refractivity contribution in [3.63, 3.8) is 0 Å². The fourth-order valence-corrected chi connectivity index (χ4v) is 2.36. The Bertz CT molecular complexity index is 480. The molecular weight excluding hydrogens is 262 g/mol. The van der Waals surface area contributed by atoms with E-state index >= 15 is 0 Å². The minimum atomic E-state index is -2.52. The zero-order valence-corrected chi connectivity index (χ0v) is 12.0. The molecule has 110 valence electrons. The van der Waals surface area contributed by atoms with Gasteiger partial charge in [-0.25, -0.2) is 8.78 Å². The van der Waals surface area contributed by atoms with E-state index in [1.54, 1.807) is 0 Å². The quantitative estimate of drug-likeness (QED) is 0.924. The van der Waals surface area contributed by atoms with Gasteiger partial charge in [0.2, 0.25) is 5.91 Å². The summed E-state index contributed by atoms with van der Waals surface area (Å²) in [6.07, 6.45) is -2.97. The number of nitrogens with one attached hydrogen (secondary N) is 1. The van der Waals surface area contributed by atoms with Gasteiger partial charge >= 0.3 is 0 Å². The predicted molar refractivity (Wildman–Crippen MR) is 73.6 cm³/mol. The maximum absolute atomic E-state index is 12.5. The van der Waals surface area contributed by atoms with Crippen molar-refractivity contribution in [3.05, 3.63) is 35.4 Å². The number of alkyl halides is 2. The molecule has 1 atom stereocenters. The Morgan fingerprint density at radius 3 is 2.40 bits per heavy atom. The Labute approximate surface area is 118 Å². The third kappa shape index (κ3) is 3.15. The van der Waals surface area contributed by atoms with Crippen LogP contribution in [0.15, 0.2) is 24.3 Å². The predicted octanol–water partition coefficient (Wildman–Crippen LogP) is 2.68. The SMILES string of the molecule is CC(C)(C)c1ccc(C2NCC(=O)N2CC(F)F)cc1. The van der Waals surface area contributed by atoms with Gasteiger partial charge in [-0.15, -0.1) is 0 Å². The molecule has 1 aromatic rings. The van der Waals surface area contributed by atoms with Crippen molar-refractivity contribution in [2.75, 3.05) is 13.1 Å². The van der Waals surface area contributed by atoms with Gasteiger partial charge in [0, 0.05) is 0 Å². The van der Waals surface area contributed by atoms with Gasteiger partial charge in [-0.05, 0) is 16.5 Å². The number of halogens is 2. The first-order chi connectivity index (χ1) is 9.29. The monoisotopic (exact) mass is 282 g/mol. The van der Waals surface area contributed by atoms with E-state index in [2.05, 4.69) is 26.1 Å². The van der Waals surface area contributed by atoms with E-state index in [0.29, 0.717) is 0 Å². The third-order valence-electron chi connectivity index (χ3n) is 3.51. The average molecular weight is 282 g/mol. The highest BCUT2D eigenvalue weighted by Crippen LogP contribution is 2.27. The topological polar surface area (TPSA) is 32.3 Å². The average Bonchev–Trinajstić information content (AvgIpc) is 2.70. The summed E-state index contributed by atoms with van der Waals surface area (Å²) in [5.74, 6) is -0.282. The van der Waals surface area contributed by atoms with Crippen LogP contribution in [0.1, 0.15) is 38.1 Å². The molecule has 1 aliphatic heterocycles. The standard InChI is InChI=1S/C15H20F2N2O/c1-15(2,3)11-6-4-10(5-7-11)14-18-8-13(20)19(14)9-12(16)17/h4-7,12,14,18H,8-9H2,1-3H3. The van der Waals surface area contributed by atoms with E-state index in [9.17, 15) is 13.6 Å². The smallest absolute Gasteiger partial charge is 0.255 e. The lowest BCUT2D eigenvalue weighted by Crippen LogP contribution is -2.34. The molecule has 0 aromatic heterocycles. The van der Waals surface area contributed by atoms with Crippen molar-refractivity contribution in [1.29, 1.82) is 0 Å². The lowest BCUT2D eigenvalue weighted by Gasteiger charge is -2.25. The maximum atomic E-state index is 12.5. The number of amides is 1. The molecule has 0 saturated carbocycles. The molecule has 1 heterocycles. The molecule has 0 radical (unpaired) electrons. The number of rotatable bonds is 3. The second-order valence-corrected chi connectivity index (χ2v) is 6.09. The molecule has 1 fully saturated rings. The van der Waals surface area contributed by atoms with Crippen LogP contribution in [0.25, 0.3) is 0 Å². The van der Waals surface area contributed by atoms with Crippen LogP contribution in [-0.2, 0) is 10.2 Å². The molecule has 1 saturated heterocycles. The number of benzene rings is 1. The summed E-state index contributed by atoms with van der Waals surface area (Å²) < 4.78 is 25.1. The van der Waals surface area contributed by atoms with Gasteiger partial charge in [0.05, 0.1) is 13.1 Å². The molecule has 0 bridgehead atoms. The van der Waals surface area contributed by atoms with Gasteiger partial charge in [0.1, 0.15) is 6.17 Å². The van der Waals surface area contributed by atoms with Crippen LogP contribution in [0.5, 0.6) is 0 Å². The molecule has 1 aromatic carbocycles. The summed E-state index contributed by atoms with van der Waals surface area (Å²) in [5.41, 5.74) is 2.05. The van der Waals surface area contributed by atoms with E-state index in [4.69, 9.17) is 0 Å². The van der Waals surface area contributed by atoms with Crippen LogP contribution in [0.4, 0.5) is 8.78 Å². The second-order valence-electron chi connectivity index (χ2n) is 6.09. The minimum absolute atomic E-state index is 0.0418. The summed E-state index contributed by atoms with van der Waals surface area (Å²) >= 11 is 0. The van der Waals surface area contributed by atoms with Gasteiger partial charge in [-0.1, -0.05) is 45.0 Å². The molecule has 1 unspecified atom stereocenters. The largest absolute Gasteiger partial charge is 0.316 e. The molecule has 5 heteroatoms. The highest BCUT2D eigenvalue weighted by Gasteiger charge is 2.33. The Kier molecular flexibility index (Phi) is 4.09. The van der Waals surface area contributed by atoms with Crippen LogP contribution in [0, 0.1) is 0 Å². The van der Waals surface area contributed by atoms with E-state index in [1.165, 1.54) is 10.5 Å². The van der Waals surface area contributed by atoms with Crippen LogP contribution >= 0.6 is 0 Å². The van der Waals surface area contributed by atoms with Gasteiger partial charge in [0.15, 0.2) is 0 Å². The Hall–Kier alpha value is -1.49. The first-order valence-electron chi connectivity index (χ1n) is 6.70. The van der Waals surface area contributed by atoms with Gasteiger partial charge in [-0.3, -0.25) is 10.1 Å². The van der Waals surface area contributed by atoms with Gasteiger partial charge in [-0.2, -0.15) is 0 Å². The van der Waals surface area contributed by atoms with Crippen molar-refractivity contribution in [3.8, 4) is 0 Å². The molecule has 1 amide bonds. The normalized spacial score (nSPS) is 20.0. The third-order valence-corrected chi connectivity index (χ3v) is 3.51. The Balaban J connectivity index is 2.20. The van der Waals surface area contributed by atoms with Crippen molar-refractivity contribution in [2.45, 2.75) is 38.8 Å². The lowest BCUT2D eigenvalue weighted by atomic mass is 9.86. The van der Waals surface area contributed by atoms with Gasteiger partial charge < -0.3 is 4.90 Å². The van der Waals surface area contributed by atoms with E-state index in [-0.39, 0.29) is 17.9 Å². The Morgan fingerprint density at radius 2 is 1.90 bits per heavy atom. The molecule has 2 rings (SSSR count). The summed E-state index contributed by atoms with van der Waals surface area (Å²) in [6, 6.07) is 7.77. The van der Waals surface area contributed by atoms with E-state index in [1.807, 2.05) is 24.3 Å². The van der Waals surface area contributed by atoms with Crippen molar-refractivity contribution in [2.24, 2.45) is 0 Å². The molecule has 0 spiro atoms. The number of nitrogens with zero attached hydrogens (tertiary/aromatic N) is 1. The summed E-state index contributed by atoms with van der Waals surface area (Å²) in [5, 5.41) is 2.98. The first-order valence-corrected chi connectivity index (χ1v) is 6.70. The molecule has 1 aliphatic rings. The van der Waals surface area contributed by atoms with Crippen LogP contribution < -0.4 is 5.32 Å². The summed E-state index contributed by atoms with van der Waals surface area (Å²) in [4.78, 5) is 12.9. The maximum Gasteiger partial charge on any atom is 0.255 e. The second kappa shape index (κ2) is 5.48. The number of hydrogen-bond donors (Lipinski definition) is 1. The lowest BCUT2D eigenvalue weighted by molar-refractivity contribution is -0.130. The summed E-state index contributed by atoms with van der Waals surface area (Å²) in [6.45, 7) is 5.92. The minimum Gasteiger partial charge on any atom is -0.316 e. The first kappa shape index (κ1) is 14.9. The molecule has 0 aliphatic carbocycles. The fourth-order valence-electron chi connectivity index (χ4n) is 2.36. The van der Waals surface area contributed by atoms with Crippen molar-refractivity contribution < 1.29 is 13.6 Å². The fraction of sp³-hybridized carbons (Fsp3) is 0.533. The highest BCUT2D eigenvalue weighted by atomic mass is 19.3. The Morgan fingerprint density at radius 1 is 1.30 bits per heavy atom. The summed E-state index contributed by atoms with van der Waals surface area (Å²) in [7, 11) is 0. The zero-order chi connectivity index (χ0) is 14.9. The number of hydrogen-bond acceptors (Lipinski definition) is 2. The van der Waals surface area contributed by atoms with Crippen LogP contribution in [0.3, 0.4) is 0 Å².